The first kappa shape index (κ1) is 8.25. The van der Waals surface area contributed by atoms with Gasteiger partial charge < -0.3 is 4.48 Å². The molecule has 8 heavy (non-hydrogen) atoms. The van der Waals surface area contributed by atoms with Gasteiger partial charge >= 0.3 is 0 Å². The number of terminal acetylenes is 1. The van der Waals surface area contributed by atoms with E-state index in [0.717, 1.165) is 15.6 Å². The van der Waals surface area contributed by atoms with E-state index in [4.69, 9.17) is 6.42 Å². The molecule has 0 aliphatic carbocycles. The number of hydrogen-bond acceptors (Lipinski definition) is 0. The second-order valence-electron chi connectivity index (χ2n) is 2.42. The minimum Gasteiger partial charge on any atom is -0.310 e. The van der Waals surface area contributed by atoms with Crippen LogP contribution < -0.4 is 0 Å². The van der Waals surface area contributed by atoms with Crippen LogP contribution in [0, 0.1) is 12.3 Å². The number of rotatable bonds is 2. The molecule has 0 saturated heterocycles. The quantitative estimate of drug-likeness (QED) is 0.216. The van der Waals surface area contributed by atoms with Crippen LogP contribution in [0.15, 0.2) is 0 Å². The van der Waals surface area contributed by atoms with Crippen LogP contribution in [0.2, 0.25) is 0 Å². The number of alkyl halides is 1. The van der Waals surface area contributed by atoms with E-state index in [-0.39, 0.29) is 0 Å². The summed E-state index contributed by atoms with van der Waals surface area (Å²) in [6, 6.07) is 0. The maximum absolute atomic E-state index is 5.12. The van der Waals surface area contributed by atoms with Crippen LogP contribution in [0.1, 0.15) is 0 Å². The minimum absolute atomic E-state index is 0.822. The molecule has 0 bridgehead atoms. The van der Waals surface area contributed by atoms with Gasteiger partial charge in [-0.2, -0.15) is 0 Å². The zero-order chi connectivity index (χ0) is 6.62. The Bertz CT molecular complexity index is 102. The predicted octanol–water partition coefficient (Wildman–Crippen LogP) is 1.09. The van der Waals surface area contributed by atoms with Gasteiger partial charge in [-0.15, -0.1) is 6.42 Å². The molecule has 0 heterocycles. The van der Waals surface area contributed by atoms with Crippen LogP contribution in [0.3, 0.4) is 0 Å². The van der Waals surface area contributed by atoms with Crippen molar-refractivity contribution in [3.63, 3.8) is 0 Å². The lowest BCUT2D eigenvalue weighted by atomic mass is 10.5. The van der Waals surface area contributed by atoms with Crippen molar-refractivity contribution in [2.45, 2.75) is 0 Å². The fourth-order valence-corrected chi connectivity index (χ4v) is 0.531. The summed E-state index contributed by atoms with van der Waals surface area (Å²) in [5, 5.41) is 0. The van der Waals surface area contributed by atoms with Gasteiger partial charge in [-0.1, -0.05) is 0 Å². The van der Waals surface area contributed by atoms with Crippen molar-refractivity contribution in [1.82, 2.24) is 0 Å². The molecule has 0 rings (SSSR count). The van der Waals surface area contributed by atoms with Gasteiger partial charge in [0.25, 0.3) is 0 Å². The monoisotopic (exact) mass is 224 g/mol. The molecule has 1 nitrogen and oxygen atoms in total. The van der Waals surface area contributed by atoms with Gasteiger partial charge in [-0.05, 0) is 28.5 Å². The number of quaternary nitrogens is 1. The van der Waals surface area contributed by atoms with E-state index in [0.29, 0.717) is 0 Å². The summed E-state index contributed by atoms with van der Waals surface area (Å²) in [5.41, 5.74) is 0. The average molecular weight is 224 g/mol. The summed E-state index contributed by atoms with van der Waals surface area (Å²) >= 11 is 2.33. The molecule has 0 radical (unpaired) electrons. The van der Waals surface area contributed by atoms with Crippen LogP contribution in [0.5, 0.6) is 0 Å². The van der Waals surface area contributed by atoms with Crippen LogP contribution >= 0.6 is 22.6 Å². The lowest BCUT2D eigenvalue weighted by Crippen LogP contribution is -2.37. The van der Waals surface area contributed by atoms with E-state index < -0.39 is 0 Å². The van der Waals surface area contributed by atoms with Crippen LogP contribution in [0.4, 0.5) is 0 Å². The van der Waals surface area contributed by atoms with Gasteiger partial charge in [0, 0.05) is 0 Å². The predicted molar refractivity (Wildman–Crippen MR) is 44.7 cm³/mol. The Morgan fingerprint density at radius 3 is 2.25 bits per heavy atom. The molecule has 0 aromatic carbocycles. The Balaban J connectivity index is 3.58. The highest BCUT2D eigenvalue weighted by molar-refractivity contribution is 14.1. The van der Waals surface area contributed by atoms with Crippen molar-refractivity contribution in [3.05, 3.63) is 0 Å². The Kier molecular flexibility index (Phi) is 3.41. The highest BCUT2D eigenvalue weighted by Crippen LogP contribution is 1.98. The third kappa shape index (κ3) is 3.28. The summed E-state index contributed by atoms with van der Waals surface area (Å²) in [6.45, 7) is 0.822. The molecule has 0 N–H and O–H groups in total. The van der Waals surface area contributed by atoms with Crippen molar-refractivity contribution in [3.8, 4) is 12.3 Å². The number of hydrogen-bond donors (Lipinski definition) is 0. The summed E-state index contributed by atoms with van der Waals surface area (Å²) in [7, 11) is 4.23. The van der Waals surface area contributed by atoms with Crippen molar-refractivity contribution in [2.75, 3.05) is 25.2 Å². The highest BCUT2D eigenvalue weighted by Gasteiger charge is 2.08. The van der Waals surface area contributed by atoms with Crippen molar-refractivity contribution in [2.24, 2.45) is 0 Å². The lowest BCUT2D eigenvalue weighted by molar-refractivity contribution is -0.866. The zero-order valence-corrected chi connectivity index (χ0v) is 7.47. The van der Waals surface area contributed by atoms with E-state index in [9.17, 15) is 0 Å². The van der Waals surface area contributed by atoms with Gasteiger partial charge in [0.15, 0.2) is 0 Å². The first-order valence-electron chi connectivity index (χ1n) is 2.44. The summed E-state index contributed by atoms with van der Waals surface area (Å²) in [4.78, 5) is 0. The van der Waals surface area contributed by atoms with E-state index in [1.807, 2.05) is 0 Å². The maximum Gasteiger partial charge on any atom is 0.140 e. The van der Waals surface area contributed by atoms with Gasteiger partial charge in [0.05, 0.1) is 14.1 Å². The van der Waals surface area contributed by atoms with Crippen molar-refractivity contribution in [1.29, 1.82) is 0 Å². The molecule has 46 valence electrons. The van der Waals surface area contributed by atoms with Crippen LogP contribution in [-0.4, -0.2) is 29.7 Å². The van der Waals surface area contributed by atoms with E-state index in [1.165, 1.54) is 0 Å². The Hall–Kier alpha value is 0.250. The third-order valence-corrected chi connectivity index (χ3v) is 2.69. The molecule has 0 amide bonds. The largest absolute Gasteiger partial charge is 0.310 e. The van der Waals surface area contributed by atoms with Gasteiger partial charge in [-0.3, -0.25) is 0 Å². The fourth-order valence-electron chi connectivity index (χ4n) is 0.289. The SMILES string of the molecule is C#CC[N+](C)(C)CI. The molecule has 0 fully saturated rings. The zero-order valence-electron chi connectivity index (χ0n) is 5.32. The summed E-state index contributed by atoms with van der Waals surface area (Å²) in [6.07, 6.45) is 5.12. The number of halogens is 1. The van der Waals surface area contributed by atoms with Crippen molar-refractivity contribution < 1.29 is 4.48 Å². The van der Waals surface area contributed by atoms with E-state index >= 15 is 0 Å². The molecule has 0 saturated carbocycles. The topological polar surface area (TPSA) is 0 Å². The molecule has 2 heteroatoms. The Morgan fingerprint density at radius 1 is 1.62 bits per heavy atom. The second kappa shape index (κ2) is 3.31. The summed E-state index contributed by atoms with van der Waals surface area (Å²) < 4.78 is 1.99. The fraction of sp³-hybridized carbons (Fsp3) is 0.667. The third-order valence-electron chi connectivity index (χ3n) is 0.843. The van der Waals surface area contributed by atoms with Crippen LogP contribution in [0.25, 0.3) is 0 Å². The molecular weight excluding hydrogens is 213 g/mol. The van der Waals surface area contributed by atoms with Gasteiger partial charge in [0.1, 0.15) is 11.1 Å². The Labute approximate surface area is 64.8 Å². The van der Waals surface area contributed by atoms with Gasteiger partial charge in [-0.25, -0.2) is 0 Å². The molecule has 0 spiro atoms. The summed E-state index contributed by atoms with van der Waals surface area (Å²) in [5.74, 6) is 2.63. The highest BCUT2D eigenvalue weighted by atomic mass is 127. The maximum atomic E-state index is 5.12. The normalized spacial score (nSPS) is 10.8. The molecule has 0 atom stereocenters. The Morgan fingerprint density at radius 2 is 2.12 bits per heavy atom. The van der Waals surface area contributed by atoms with Crippen molar-refractivity contribution >= 4 is 22.6 Å². The first-order valence-corrected chi connectivity index (χ1v) is 3.96. The van der Waals surface area contributed by atoms with E-state index in [2.05, 4.69) is 42.6 Å². The molecule has 0 aliphatic heterocycles. The first-order chi connectivity index (χ1) is 3.62. The molecule has 0 aromatic heterocycles. The standard InChI is InChI=1S/C6H11IN/c1-4-5-8(2,3)6-7/h1H,5-6H2,2-3H3/q+1. The minimum atomic E-state index is 0.822. The lowest BCUT2D eigenvalue weighted by Gasteiger charge is -2.23. The van der Waals surface area contributed by atoms with E-state index in [1.54, 1.807) is 0 Å². The molecular formula is C6H11IN+. The van der Waals surface area contributed by atoms with Crippen LogP contribution in [-0.2, 0) is 0 Å². The smallest absolute Gasteiger partial charge is 0.140 e. The molecule has 0 unspecified atom stereocenters. The second-order valence-corrected chi connectivity index (χ2v) is 3.10. The molecule has 0 aliphatic rings. The number of nitrogens with zero attached hydrogens (tertiary/aromatic N) is 1. The average Bonchev–Trinajstić information content (AvgIpc) is 1.67. The molecule has 0 aromatic rings. The van der Waals surface area contributed by atoms with Gasteiger partial charge in [0.2, 0.25) is 0 Å².